The first-order valence-electron chi connectivity index (χ1n) is 7.35. The van der Waals surface area contributed by atoms with Gasteiger partial charge in [-0.2, -0.15) is 0 Å². The first-order chi connectivity index (χ1) is 10.6. The number of halogens is 1. The van der Waals surface area contributed by atoms with Gasteiger partial charge >= 0.3 is 0 Å². The van der Waals surface area contributed by atoms with E-state index in [1.165, 1.54) is 5.56 Å². The van der Waals surface area contributed by atoms with E-state index in [9.17, 15) is 4.79 Å². The second-order valence-corrected chi connectivity index (χ2v) is 6.72. The lowest BCUT2D eigenvalue weighted by atomic mass is 10.1. The van der Waals surface area contributed by atoms with Crippen LogP contribution in [0.5, 0.6) is 0 Å². The van der Waals surface area contributed by atoms with Crippen LogP contribution >= 0.6 is 23.4 Å². The van der Waals surface area contributed by atoms with Gasteiger partial charge in [0.25, 0.3) is 0 Å². The fourth-order valence-corrected chi connectivity index (χ4v) is 3.03. The van der Waals surface area contributed by atoms with E-state index in [1.807, 2.05) is 49.4 Å². The van der Waals surface area contributed by atoms with Crippen molar-refractivity contribution in [2.45, 2.75) is 18.2 Å². The van der Waals surface area contributed by atoms with Gasteiger partial charge in [-0.3, -0.25) is 4.79 Å². The third-order valence-corrected chi connectivity index (χ3v) is 4.84. The van der Waals surface area contributed by atoms with E-state index in [4.69, 9.17) is 11.6 Å². The number of carbonyl (C=O) groups is 1. The number of carbonyl (C=O) groups excluding carboxylic acids is 1. The largest absolute Gasteiger partial charge is 0.356 e. The maximum absolute atomic E-state index is 12.1. The Kier molecular flexibility index (Phi) is 6.81. The molecule has 1 N–H and O–H groups in total. The first kappa shape index (κ1) is 16.9. The molecule has 1 amide bonds. The average Bonchev–Trinajstić information content (AvgIpc) is 2.55. The summed E-state index contributed by atoms with van der Waals surface area (Å²) in [5.74, 6) is 0.854. The van der Waals surface area contributed by atoms with Crippen LogP contribution in [0.25, 0.3) is 0 Å². The molecule has 0 saturated heterocycles. The minimum absolute atomic E-state index is 0.0172. The van der Waals surface area contributed by atoms with Crippen molar-refractivity contribution in [1.82, 2.24) is 5.32 Å². The lowest BCUT2D eigenvalue weighted by Gasteiger charge is -2.12. The van der Waals surface area contributed by atoms with Gasteiger partial charge in [-0.25, -0.2) is 0 Å². The van der Waals surface area contributed by atoms with Crippen molar-refractivity contribution in [3.8, 4) is 0 Å². The second kappa shape index (κ2) is 8.86. The molecule has 2 aromatic carbocycles. The number of nitrogens with one attached hydrogen (secondary N) is 1. The zero-order valence-electron chi connectivity index (χ0n) is 12.6. The van der Waals surface area contributed by atoms with Crippen LogP contribution in [0.15, 0.2) is 59.5 Å². The normalized spacial score (nSPS) is 11.9. The first-order valence-corrected chi connectivity index (χ1v) is 8.71. The summed E-state index contributed by atoms with van der Waals surface area (Å²) in [5, 5.41) is 3.74. The molecule has 0 aliphatic heterocycles. The summed E-state index contributed by atoms with van der Waals surface area (Å²) in [4.78, 5) is 13.2. The highest BCUT2D eigenvalue weighted by atomic mass is 35.5. The molecule has 0 aliphatic rings. The highest BCUT2D eigenvalue weighted by Gasteiger charge is 2.12. The SMILES string of the molecule is CC(CSc1ccc(Cl)cc1)C(=O)NCCc1ccccc1. The lowest BCUT2D eigenvalue weighted by molar-refractivity contribution is -0.123. The molecule has 116 valence electrons. The summed E-state index contributed by atoms with van der Waals surface area (Å²) in [7, 11) is 0. The minimum atomic E-state index is -0.0172. The summed E-state index contributed by atoms with van der Waals surface area (Å²) in [6.07, 6.45) is 0.865. The number of hydrogen-bond donors (Lipinski definition) is 1. The number of rotatable bonds is 7. The fourth-order valence-electron chi connectivity index (χ4n) is 1.98. The second-order valence-electron chi connectivity index (χ2n) is 5.19. The molecule has 0 spiro atoms. The highest BCUT2D eigenvalue weighted by Crippen LogP contribution is 2.22. The summed E-state index contributed by atoms with van der Waals surface area (Å²) in [6.45, 7) is 2.64. The minimum Gasteiger partial charge on any atom is -0.356 e. The maximum Gasteiger partial charge on any atom is 0.223 e. The van der Waals surface area contributed by atoms with Crippen LogP contribution in [0.1, 0.15) is 12.5 Å². The predicted molar refractivity (Wildman–Crippen MR) is 94.5 cm³/mol. The standard InChI is InChI=1S/C18H20ClNOS/c1-14(13-22-17-9-7-16(19)8-10-17)18(21)20-12-11-15-5-3-2-4-6-15/h2-10,14H,11-13H2,1H3,(H,20,21). The number of hydrogen-bond acceptors (Lipinski definition) is 2. The molecule has 22 heavy (non-hydrogen) atoms. The van der Waals surface area contributed by atoms with Gasteiger partial charge in [-0.15, -0.1) is 11.8 Å². The third-order valence-electron chi connectivity index (χ3n) is 3.32. The Morgan fingerprint density at radius 3 is 2.50 bits per heavy atom. The molecular weight excluding hydrogens is 314 g/mol. The zero-order valence-corrected chi connectivity index (χ0v) is 14.2. The molecule has 1 unspecified atom stereocenters. The van der Waals surface area contributed by atoms with E-state index in [1.54, 1.807) is 11.8 Å². The molecule has 2 rings (SSSR count). The topological polar surface area (TPSA) is 29.1 Å². The Labute approximate surface area is 141 Å². The van der Waals surface area contributed by atoms with E-state index < -0.39 is 0 Å². The van der Waals surface area contributed by atoms with Crippen molar-refractivity contribution in [3.63, 3.8) is 0 Å². The van der Waals surface area contributed by atoms with Gasteiger partial charge < -0.3 is 5.32 Å². The van der Waals surface area contributed by atoms with Crippen LogP contribution in [-0.2, 0) is 11.2 Å². The monoisotopic (exact) mass is 333 g/mol. The van der Waals surface area contributed by atoms with Crippen molar-refractivity contribution < 1.29 is 4.79 Å². The van der Waals surface area contributed by atoms with E-state index in [0.717, 1.165) is 22.1 Å². The van der Waals surface area contributed by atoms with E-state index >= 15 is 0 Å². The number of benzene rings is 2. The predicted octanol–water partition coefficient (Wildman–Crippen LogP) is 4.43. The van der Waals surface area contributed by atoms with Crippen molar-refractivity contribution in [2.24, 2.45) is 5.92 Å². The summed E-state index contributed by atoms with van der Waals surface area (Å²) in [5.41, 5.74) is 1.24. The molecule has 2 aromatic rings. The van der Waals surface area contributed by atoms with Gasteiger partial charge in [0.15, 0.2) is 0 Å². The quantitative estimate of drug-likeness (QED) is 0.759. The molecule has 4 heteroatoms. The Balaban J connectivity index is 1.69. The van der Waals surface area contributed by atoms with Gasteiger partial charge in [0, 0.05) is 28.1 Å². The van der Waals surface area contributed by atoms with Gasteiger partial charge in [0.1, 0.15) is 0 Å². The van der Waals surface area contributed by atoms with Crippen molar-refractivity contribution in [3.05, 3.63) is 65.2 Å². The Morgan fingerprint density at radius 2 is 1.82 bits per heavy atom. The molecule has 0 bridgehead atoms. The van der Waals surface area contributed by atoms with Gasteiger partial charge in [-0.1, -0.05) is 48.9 Å². The maximum atomic E-state index is 12.1. The highest BCUT2D eigenvalue weighted by molar-refractivity contribution is 7.99. The van der Waals surface area contributed by atoms with E-state index in [0.29, 0.717) is 6.54 Å². The summed E-state index contributed by atoms with van der Waals surface area (Å²) >= 11 is 7.54. The molecule has 0 aromatic heterocycles. The van der Waals surface area contributed by atoms with Crippen molar-refractivity contribution in [1.29, 1.82) is 0 Å². The molecule has 0 fully saturated rings. The smallest absolute Gasteiger partial charge is 0.223 e. The molecule has 0 heterocycles. The van der Waals surface area contributed by atoms with Gasteiger partial charge in [0.2, 0.25) is 5.91 Å². The van der Waals surface area contributed by atoms with E-state index in [2.05, 4.69) is 17.4 Å². The molecule has 0 saturated carbocycles. The molecule has 2 nitrogen and oxygen atoms in total. The van der Waals surface area contributed by atoms with Crippen LogP contribution in [0.2, 0.25) is 5.02 Å². The van der Waals surface area contributed by atoms with Crippen molar-refractivity contribution in [2.75, 3.05) is 12.3 Å². The van der Waals surface area contributed by atoms with Crippen LogP contribution in [0, 0.1) is 5.92 Å². The van der Waals surface area contributed by atoms with Gasteiger partial charge in [0.05, 0.1) is 0 Å². The van der Waals surface area contributed by atoms with Crippen LogP contribution < -0.4 is 5.32 Å². The molecule has 1 atom stereocenters. The molecule has 0 aliphatic carbocycles. The average molecular weight is 334 g/mol. The summed E-state index contributed by atoms with van der Waals surface area (Å²) < 4.78 is 0. The number of thioether (sulfide) groups is 1. The van der Waals surface area contributed by atoms with Gasteiger partial charge in [-0.05, 0) is 36.2 Å². The molecule has 0 radical (unpaired) electrons. The zero-order chi connectivity index (χ0) is 15.8. The van der Waals surface area contributed by atoms with Crippen molar-refractivity contribution >= 4 is 29.3 Å². The molecular formula is C18H20ClNOS. The lowest BCUT2D eigenvalue weighted by Crippen LogP contribution is -2.31. The van der Waals surface area contributed by atoms with Crippen LogP contribution in [0.3, 0.4) is 0 Å². The number of amides is 1. The van der Waals surface area contributed by atoms with E-state index in [-0.39, 0.29) is 11.8 Å². The fraction of sp³-hybridized carbons (Fsp3) is 0.278. The van der Waals surface area contributed by atoms with Crippen LogP contribution in [0.4, 0.5) is 0 Å². The Morgan fingerprint density at radius 1 is 1.14 bits per heavy atom. The summed E-state index contributed by atoms with van der Waals surface area (Å²) in [6, 6.07) is 17.9. The Hall–Kier alpha value is -1.45. The van der Waals surface area contributed by atoms with Crippen LogP contribution in [-0.4, -0.2) is 18.2 Å². The third kappa shape index (κ3) is 5.74. The Bertz CT molecular complexity index is 586.